The summed E-state index contributed by atoms with van der Waals surface area (Å²) >= 11 is 0. The van der Waals surface area contributed by atoms with Crippen LogP contribution in [0.1, 0.15) is 39.0 Å². The van der Waals surface area contributed by atoms with E-state index < -0.39 is 11.9 Å². The third kappa shape index (κ3) is 2.83. The Morgan fingerprint density at radius 1 is 1.33 bits per heavy atom. The molecule has 1 aliphatic heterocycles. The molecule has 1 saturated heterocycles. The van der Waals surface area contributed by atoms with Crippen LogP contribution in [0.15, 0.2) is 0 Å². The molecule has 2 rings (SSSR count). The zero-order chi connectivity index (χ0) is 13.1. The van der Waals surface area contributed by atoms with Gasteiger partial charge in [-0.15, -0.1) is 0 Å². The van der Waals surface area contributed by atoms with Gasteiger partial charge in [0.1, 0.15) is 0 Å². The first kappa shape index (κ1) is 13.3. The van der Waals surface area contributed by atoms with Crippen LogP contribution in [0, 0.1) is 5.92 Å². The van der Waals surface area contributed by atoms with Crippen LogP contribution in [0.4, 0.5) is 0 Å². The molecule has 0 aromatic heterocycles. The molecule has 0 radical (unpaired) electrons. The summed E-state index contributed by atoms with van der Waals surface area (Å²) in [4.78, 5) is 25.2. The van der Waals surface area contributed by atoms with E-state index in [2.05, 4.69) is 10.2 Å². The summed E-state index contributed by atoms with van der Waals surface area (Å²) in [6.07, 6.45) is 5.81. The number of carboxylic acids is 1. The molecule has 1 amide bonds. The molecule has 2 atom stereocenters. The number of nitrogens with zero attached hydrogens (tertiary/aromatic N) is 1. The summed E-state index contributed by atoms with van der Waals surface area (Å²) in [5.74, 6) is -1.34. The van der Waals surface area contributed by atoms with Crippen LogP contribution in [-0.2, 0) is 9.59 Å². The van der Waals surface area contributed by atoms with Crippen LogP contribution in [0.5, 0.6) is 0 Å². The molecule has 2 unspecified atom stereocenters. The number of hydrogen-bond donors (Lipinski definition) is 2. The molecule has 102 valence electrons. The van der Waals surface area contributed by atoms with Crippen molar-refractivity contribution in [3.05, 3.63) is 0 Å². The molecule has 1 saturated carbocycles. The lowest BCUT2D eigenvalue weighted by atomic mass is 9.92. The van der Waals surface area contributed by atoms with Gasteiger partial charge < -0.3 is 10.4 Å². The van der Waals surface area contributed by atoms with E-state index in [4.69, 9.17) is 0 Å². The molecular weight excluding hydrogens is 232 g/mol. The molecule has 0 aromatic rings. The highest BCUT2D eigenvalue weighted by atomic mass is 16.4. The van der Waals surface area contributed by atoms with E-state index >= 15 is 0 Å². The number of carboxylic acid groups (broad SMARTS) is 1. The van der Waals surface area contributed by atoms with E-state index in [0.717, 1.165) is 12.8 Å². The standard InChI is InChI=1S/C13H22N2O3/c1-9-12(16)14-7-10(13(17)18)8-15(9)11-5-3-2-4-6-11/h9-11H,2-8H2,1H3,(H,14,16)(H,17,18). The fourth-order valence-corrected chi connectivity index (χ4v) is 3.04. The van der Waals surface area contributed by atoms with E-state index in [9.17, 15) is 14.7 Å². The van der Waals surface area contributed by atoms with E-state index in [0.29, 0.717) is 12.6 Å². The molecule has 2 fully saturated rings. The van der Waals surface area contributed by atoms with Crippen molar-refractivity contribution in [1.29, 1.82) is 0 Å². The molecule has 18 heavy (non-hydrogen) atoms. The average Bonchev–Trinajstić information content (AvgIpc) is 2.52. The lowest BCUT2D eigenvalue weighted by Gasteiger charge is -2.37. The number of carbonyl (C=O) groups is 2. The topological polar surface area (TPSA) is 69.6 Å². The first-order valence-corrected chi connectivity index (χ1v) is 6.86. The van der Waals surface area contributed by atoms with Crippen molar-refractivity contribution in [2.45, 2.75) is 51.1 Å². The summed E-state index contributed by atoms with van der Waals surface area (Å²) < 4.78 is 0. The number of carbonyl (C=O) groups excluding carboxylic acids is 1. The van der Waals surface area contributed by atoms with E-state index in [1.165, 1.54) is 19.3 Å². The molecular formula is C13H22N2O3. The Morgan fingerprint density at radius 2 is 2.00 bits per heavy atom. The summed E-state index contributed by atoms with van der Waals surface area (Å²) in [5, 5.41) is 11.9. The molecule has 1 heterocycles. The molecule has 5 heteroatoms. The maximum atomic E-state index is 11.9. The fraction of sp³-hybridized carbons (Fsp3) is 0.846. The van der Waals surface area contributed by atoms with Crippen LogP contribution in [0.2, 0.25) is 0 Å². The van der Waals surface area contributed by atoms with E-state index in [1.54, 1.807) is 0 Å². The normalized spacial score (nSPS) is 31.7. The Morgan fingerprint density at radius 3 is 2.61 bits per heavy atom. The van der Waals surface area contributed by atoms with Crippen LogP contribution in [-0.4, -0.2) is 47.1 Å². The maximum Gasteiger partial charge on any atom is 0.309 e. The summed E-state index contributed by atoms with van der Waals surface area (Å²) in [6.45, 7) is 2.62. The van der Waals surface area contributed by atoms with E-state index in [-0.39, 0.29) is 18.5 Å². The minimum atomic E-state index is -0.815. The largest absolute Gasteiger partial charge is 0.481 e. The van der Waals surface area contributed by atoms with Crippen molar-refractivity contribution < 1.29 is 14.7 Å². The van der Waals surface area contributed by atoms with E-state index in [1.807, 2.05) is 6.92 Å². The lowest BCUT2D eigenvalue weighted by molar-refractivity contribution is -0.142. The minimum Gasteiger partial charge on any atom is -0.481 e. The Labute approximate surface area is 108 Å². The van der Waals surface area contributed by atoms with Gasteiger partial charge in [0.25, 0.3) is 0 Å². The molecule has 5 nitrogen and oxygen atoms in total. The quantitative estimate of drug-likeness (QED) is 0.766. The second-order valence-corrected chi connectivity index (χ2v) is 5.44. The van der Waals surface area contributed by atoms with Crippen molar-refractivity contribution >= 4 is 11.9 Å². The van der Waals surface area contributed by atoms with Crippen LogP contribution in [0.3, 0.4) is 0 Å². The Kier molecular flexibility index (Phi) is 4.22. The molecule has 2 N–H and O–H groups in total. The van der Waals surface area contributed by atoms with Crippen molar-refractivity contribution in [2.24, 2.45) is 5.92 Å². The highest BCUT2D eigenvalue weighted by Crippen LogP contribution is 2.26. The van der Waals surface area contributed by atoms with Gasteiger partial charge in [-0.05, 0) is 19.8 Å². The van der Waals surface area contributed by atoms with Crippen LogP contribution in [0.25, 0.3) is 0 Å². The van der Waals surface area contributed by atoms with Gasteiger partial charge in [-0.3, -0.25) is 14.5 Å². The summed E-state index contributed by atoms with van der Waals surface area (Å²) in [5.41, 5.74) is 0. The van der Waals surface area contributed by atoms with Crippen LogP contribution < -0.4 is 5.32 Å². The predicted octanol–water partition coefficient (Wildman–Crippen LogP) is 0.840. The number of nitrogens with one attached hydrogen (secondary N) is 1. The van der Waals surface area contributed by atoms with Gasteiger partial charge in [0.2, 0.25) is 5.91 Å². The second kappa shape index (κ2) is 5.69. The average molecular weight is 254 g/mol. The van der Waals surface area contributed by atoms with Gasteiger partial charge in [0.05, 0.1) is 12.0 Å². The van der Waals surface area contributed by atoms with Crippen molar-refractivity contribution in [2.75, 3.05) is 13.1 Å². The smallest absolute Gasteiger partial charge is 0.309 e. The first-order chi connectivity index (χ1) is 8.59. The molecule has 0 aromatic carbocycles. The highest BCUT2D eigenvalue weighted by molar-refractivity contribution is 5.83. The molecule has 2 aliphatic rings. The number of rotatable bonds is 2. The molecule has 0 bridgehead atoms. The van der Waals surface area contributed by atoms with Gasteiger partial charge in [-0.1, -0.05) is 19.3 Å². The SMILES string of the molecule is CC1C(=O)NCC(C(=O)O)CN1C1CCCCC1. The van der Waals surface area contributed by atoms with Gasteiger partial charge in [0.15, 0.2) is 0 Å². The number of hydrogen-bond acceptors (Lipinski definition) is 3. The van der Waals surface area contributed by atoms with Gasteiger partial charge in [-0.25, -0.2) is 0 Å². The monoisotopic (exact) mass is 254 g/mol. The predicted molar refractivity (Wildman–Crippen MR) is 67.2 cm³/mol. The zero-order valence-corrected chi connectivity index (χ0v) is 10.9. The van der Waals surface area contributed by atoms with Gasteiger partial charge in [0, 0.05) is 19.1 Å². The summed E-state index contributed by atoms with van der Waals surface area (Å²) in [6, 6.07) is 0.164. The Hall–Kier alpha value is -1.10. The lowest BCUT2D eigenvalue weighted by Crippen LogP contribution is -2.48. The second-order valence-electron chi connectivity index (χ2n) is 5.44. The van der Waals surface area contributed by atoms with Crippen LogP contribution >= 0.6 is 0 Å². The summed E-state index contributed by atoms with van der Waals surface area (Å²) in [7, 11) is 0. The molecule has 1 aliphatic carbocycles. The van der Waals surface area contributed by atoms with Crippen molar-refractivity contribution in [1.82, 2.24) is 10.2 Å². The minimum absolute atomic E-state index is 0.0377. The highest BCUT2D eigenvalue weighted by Gasteiger charge is 2.35. The van der Waals surface area contributed by atoms with Crippen molar-refractivity contribution in [3.63, 3.8) is 0 Å². The Bertz CT molecular complexity index is 326. The van der Waals surface area contributed by atoms with Gasteiger partial charge in [-0.2, -0.15) is 0 Å². The first-order valence-electron chi connectivity index (χ1n) is 6.86. The number of amides is 1. The fourth-order valence-electron chi connectivity index (χ4n) is 3.04. The number of aliphatic carboxylic acids is 1. The van der Waals surface area contributed by atoms with Crippen molar-refractivity contribution in [3.8, 4) is 0 Å². The Balaban J connectivity index is 2.11. The maximum absolute atomic E-state index is 11.9. The third-order valence-corrected chi connectivity index (χ3v) is 4.22. The van der Waals surface area contributed by atoms with Gasteiger partial charge >= 0.3 is 5.97 Å². The zero-order valence-electron chi connectivity index (χ0n) is 10.9. The molecule has 0 spiro atoms. The third-order valence-electron chi connectivity index (χ3n) is 4.22.